The zero-order chi connectivity index (χ0) is 22.6. The van der Waals surface area contributed by atoms with E-state index < -0.39 is 0 Å². The summed E-state index contributed by atoms with van der Waals surface area (Å²) in [5.74, 6) is 1.59. The number of hydrogen-bond donors (Lipinski definition) is 0. The van der Waals surface area contributed by atoms with E-state index in [0.29, 0.717) is 37.3 Å². The molecule has 0 aliphatic carbocycles. The molecule has 3 aromatic heterocycles. The molecular weight excluding hydrogens is 454 g/mol. The zero-order valence-electron chi connectivity index (χ0n) is 18.6. The Kier molecular flexibility index (Phi) is 6.80. The van der Waals surface area contributed by atoms with Gasteiger partial charge in [0.1, 0.15) is 0 Å². The van der Waals surface area contributed by atoms with Crippen molar-refractivity contribution in [1.82, 2.24) is 25.0 Å². The Bertz CT molecular complexity index is 1160. The molecule has 4 aromatic rings. The molecule has 9 heteroatoms. The Hall–Kier alpha value is -2.62. The highest BCUT2D eigenvalue weighted by atomic mass is 32.1. The monoisotopic (exact) mass is 481 g/mol. The molecule has 1 saturated heterocycles. The molecule has 1 amide bonds. The van der Waals surface area contributed by atoms with Gasteiger partial charge in [-0.15, -0.1) is 32.9 Å². The lowest BCUT2D eigenvalue weighted by atomic mass is 9.97. The molecule has 172 valence electrons. The lowest BCUT2D eigenvalue weighted by Crippen LogP contribution is -2.43. The van der Waals surface area contributed by atoms with Gasteiger partial charge in [-0.3, -0.25) is 9.69 Å². The van der Waals surface area contributed by atoms with Crippen molar-refractivity contribution in [2.24, 2.45) is 0 Å². The van der Waals surface area contributed by atoms with Gasteiger partial charge in [-0.25, -0.2) is 4.98 Å². The van der Waals surface area contributed by atoms with Crippen LogP contribution in [0.15, 0.2) is 46.2 Å². The maximum Gasteiger partial charge on any atom is 0.257 e. The molecule has 0 saturated carbocycles. The maximum absolute atomic E-state index is 13.1. The van der Waals surface area contributed by atoms with Crippen LogP contribution in [0.4, 0.5) is 0 Å². The first-order chi connectivity index (χ1) is 16.2. The summed E-state index contributed by atoms with van der Waals surface area (Å²) >= 11 is 3.37. The number of aromatic nitrogens is 3. The van der Waals surface area contributed by atoms with Crippen LogP contribution in [0, 0.1) is 0 Å². The van der Waals surface area contributed by atoms with Gasteiger partial charge in [-0.05, 0) is 55.9 Å². The molecule has 1 aromatic carbocycles. The molecule has 0 radical (unpaired) electrons. The van der Waals surface area contributed by atoms with Crippen molar-refractivity contribution < 1.29 is 9.21 Å². The standard InChI is InChI=1S/C24H27N5O2S2/c1-2-11-29(15-21-26-27-23(31-21)20-8-5-14-32-20)22(30)16-28-12-9-17(10-13-28)24-25-18-6-3-4-7-19(18)33-24/h3-8,14,17H,2,9-13,15-16H2,1H3. The van der Waals surface area contributed by atoms with E-state index in [1.807, 2.05) is 28.5 Å². The van der Waals surface area contributed by atoms with E-state index in [1.165, 1.54) is 9.71 Å². The molecule has 0 spiro atoms. The van der Waals surface area contributed by atoms with Gasteiger partial charge in [-0.2, -0.15) is 0 Å². The van der Waals surface area contributed by atoms with E-state index in [4.69, 9.17) is 9.40 Å². The van der Waals surface area contributed by atoms with E-state index in [2.05, 4.69) is 40.2 Å². The normalized spacial score (nSPS) is 15.3. The van der Waals surface area contributed by atoms with Crippen LogP contribution in [0.5, 0.6) is 0 Å². The third kappa shape index (κ3) is 5.15. The fourth-order valence-electron chi connectivity index (χ4n) is 4.24. The third-order valence-electron chi connectivity index (χ3n) is 5.98. The van der Waals surface area contributed by atoms with Gasteiger partial charge >= 0.3 is 0 Å². The van der Waals surface area contributed by atoms with Crippen LogP contribution < -0.4 is 0 Å². The molecule has 4 heterocycles. The number of thiazole rings is 1. The van der Waals surface area contributed by atoms with Crippen LogP contribution >= 0.6 is 22.7 Å². The molecule has 5 rings (SSSR count). The Morgan fingerprint density at radius 1 is 1.18 bits per heavy atom. The first kappa shape index (κ1) is 22.2. The van der Waals surface area contributed by atoms with E-state index in [9.17, 15) is 4.79 Å². The molecule has 7 nitrogen and oxygen atoms in total. The number of likely N-dealkylation sites (tertiary alicyclic amines) is 1. The minimum Gasteiger partial charge on any atom is -0.418 e. The van der Waals surface area contributed by atoms with Gasteiger partial charge in [0.05, 0.1) is 33.2 Å². The number of nitrogens with zero attached hydrogens (tertiary/aromatic N) is 5. The molecule has 33 heavy (non-hydrogen) atoms. The number of carbonyl (C=O) groups is 1. The van der Waals surface area contributed by atoms with Gasteiger partial charge in [0.2, 0.25) is 11.8 Å². The fourth-order valence-corrected chi connectivity index (χ4v) is 6.02. The summed E-state index contributed by atoms with van der Waals surface area (Å²) < 4.78 is 7.06. The first-order valence-corrected chi connectivity index (χ1v) is 13.1. The lowest BCUT2D eigenvalue weighted by Gasteiger charge is -2.32. The van der Waals surface area contributed by atoms with Crippen molar-refractivity contribution in [2.45, 2.75) is 38.6 Å². The quantitative estimate of drug-likeness (QED) is 0.352. The zero-order valence-corrected chi connectivity index (χ0v) is 20.3. The molecule has 1 aliphatic rings. The molecule has 0 N–H and O–H groups in total. The minimum absolute atomic E-state index is 0.117. The Labute approximate surface area is 201 Å². The second-order valence-corrected chi connectivity index (χ2v) is 10.4. The fraction of sp³-hybridized carbons (Fsp3) is 0.417. The highest BCUT2D eigenvalue weighted by Gasteiger charge is 2.26. The lowest BCUT2D eigenvalue weighted by molar-refractivity contribution is -0.133. The maximum atomic E-state index is 13.1. The summed E-state index contributed by atoms with van der Waals surface area (Å²) in [6, 6.07) is 12.2. The van der Waals surface area contributed by atoms with Crippen LogP contribution in [-0.4, -0.2) is 57.1 Å². The van der Waals surface area contributed by atoms with Crippen molar-refractivity contribution in [1.29, 1.82) is 0 Å². The Balaban J connectivity index is 1.16. The van der Waals surface area contributed by atoms with E-state index in [-0.39, 0.29) is 5.91 Å². The minimum atomic E-state index is 0.117. The van der Waals surface area contributed by atoms with Gasteiger partial charge in [0.15, 0.2) is 0 Å². The summed E-state index contributed by atoms with van der Waals surface area (Å²) in [6.45, 7) is 5.36. The number of benzene rings is 1. The number of para-hydroxylation sites is 1. The summed E-state index contributed by atoms with van der Waals surface area (Å²) in [4.78, 5) is 23.0. The van der Waals surface area contributed by atoms with Crippen molar-refractivity contribution in [3.63, 3.8) is 0 Å². The number of hydrogen-bond acceptors (Lipinski definition) is 8. The summed E-state index contributed by atoms with van der Waals surface area (Å²) in [5.41, 5.74) is 1.09. The van der Waals surface area contributed by atoms with Gasteiger partial charge in [-0.1, -0.05) is 25.1 Å². The van der Waals surface area contributed by atoms with E-state index in [0.717, 1.165) is 42.7 Å². The first-order valence-electron chi connectivity index (χ1n) is 11.4. The van der Waals surface area contributed by atoms with E-state index in [1.54, 1.807) is 22.7 Å². The van der Waals surface area contributed by atoms with Crippen LogP contribution in [0.3, 0.4) is 0 Å². The highest BCUT2D eigenvalue weighted by Crippen LogP contribution is 2.33. The van der Waals surface area contributed by atoms with Gasteiger partial charge in [0, 0.05) is 12.5 Å². The van der Waals surface area contributed by atoms with Crippen molar-refractivity contribution in [2.75, 3.05) is 26.2 Å². The Morgan fingerprint density at radius 2 is 2.03 bits per heavy atom. The highest BCUT2D eigenvalue weighted by molar-refractivity contribution is 7.18. The largest absolute Gasteiger partial charge is 0.418 e. The van der Waals surface area contributed by atoms with Crippen LogP contribution in [0.25, 0.3) is 21.0 Å². The topological polar surface area (TPSA) is 75.4 Å². The second-order valence-electron chi connectivity index (χ2n) is 8.36. The van der Waals surface area contributed by atoms with E-state index >= 15 is 0 Å². The van der Waals surface area contributed by atoms with Crippen LogP contribution in [0.1, 0.15) is 43.0 Å². The molecular formula is C24H27N5O2S2. The number of rotatable bonds is 8. The predicted octanol–water partition coefficient (Wildman–Crippen LogP) is 5.03. The Morgan fingerprint density at radius 3 is 2.79 bits per heavy atom. The molecule has 0 bridgehead atoms. The smallest absolute Gasteiger partial charge is 0.257 e. The average molecular weight is 482 g/mol. The predicted molar refractivity (Wildman–Crippen MR) is 131 cm³/mol. The number of amides is 1. The number of fused-ring (bicyclic) bond motifs is 1. The molecule has 0 atom stereocenters. The number of thiophene rings is 1. The van der Waals surface area contributed by atoms with Crippen molar-refractivity contribution in [3.8, 4) is 10.8 Å². The van der Waals surface area contributed by atoms with Crippen LogP contribution in [0.2, 0.25) is 0 Å². The summed E-state index contributed by atoms with van der Waals surface area (Å²) in [7, 11) is 0. The second kappa shape index (κ2) is 10.1. The van der Waals surface area contributed by atoms with Crippen molar-refractivity contribution >= 4 is 38.8 Å². The molecule has 1 aliphatic heterocycles. The van der Waals surface area contributed by atoms with Gasteiger partial charge in [0.25, 0.3) is 5.89 Å². The SMILES string of the molecule is CCCN(Cc1nnc(-c2cccs2)o1)C(=O)CN1CCC(c2nc3ccccc3s2)CC1. The van der Waals surface area contributed by atoms with Gasteiger partial charge < -0.3 is 9.32 Å². The third-order valence-corrected chi connectivity index (χ3v) is 8.03. The summed E-state index contributed by atoms with van der Waals surface area (Å²) in [5, 5.41) is 11.5. The molecule has 1 fully saturated rings. The van der Waals surface area contributed by atoms with Crippen LogP contribution in [-0.2, 0) is 11.3 Å². The number of piperidine rings is 1. The number of carbonyl (C=O) groups excluding carboxylic acids is 1. The average Bonchev–Trinajstić information content (AvgIpc) is 3.59. The van der Waals surface area contributed by atoms with Crippen molar-refractivity contribution in [3.05, 3.63) is 52.7 Å². The molecule has 0 unspecified atom stereocenters. The summed E-state index contributed by atoms with van der Waals surface area (Å²) in [6.07, 6.45) is 2.96.